The number of Topliss-reactive ketones (excluding diaryl/α,β-unsaturated/α-hetero) is 1. The number of halogens is 2. The van der Waals surface area contributed by atoms with E-state index in [0.717, 1.165) is 0 Å². The number of benzene rings is 2. The van der Waals surface area contributed by atoms with Gasteiger partial charge in [0.15, 0.2) is 5.78 Å². The van der Waals surface area contributed by atoms with E-state index in [0.29, 0.717) is 60.7 Å². The highest BCUT2D eigenvalue weighted by atomic mass is 35.5. The first-order valence-electron chi connectivity index (χ1n) is 9.19. The maximum Gasteiger partial charge on any atom is 0.243 e. The van der Waals surface area contributed by atoms with E-state index in [-0.39, 0.29) is 10.7 Å². The molecule has 1 aliphatic heterocycles. The molecule has 3 rings (SSSR count). The lowest BCUT2D eigenvalue weighted by molar-refractivity contribution is 0.101. The normalized spacial score (nSPS) is 16.0. The van der Waals surface area contributed by atoms with Gasteiger partial charge in [-0.25, -0.2) is 8.42 Å². The van der Waals surface area contributed by atoms with Gasteiger partial charge in [0.05, 0.1) is 9.92 Å². The lowest BCUT2D eigenvalue weighted by Gasteiger charge is -2.33. The fourth-order valence-electron chi connectivity index (χ4n) is 3.08. The van der Waals surface area contributed by atoms with Crippen LogP contribution in [-0.2, 0) is 10.0 Å². The van der Waals surface area contributed by atoms with Crippen LogP contribution in [0.25, 0.3) is 0 Å². The summed E-state index contributed by atoms with van der Waals surface area (Å²) in [6.45, 7) is 4.59. The summed E-state index contributed by atoms with van der Waals surface area (Å²) in [4.78, 5) is 13.7. The molecule has 2 aromatic carbocycles. The summed E-state index contributed by atoms with van der Waals surface area (Å²) in [6.07, 6.45) is 0. The Bertz CT molecular complexity index is 972. The molecule has 9 heteroatoms. The van der Waals surface area contributed by atoms with Crippen molar-refractivity contribution in [3.63, 3.8) is 0 Å². The summed E-state index contributed by atoms with van der Waals surface area (Å²) in [5.41, 5.74) is 0.495. The maximum atomic E-state index is 12.8. The molecule has 0 unspecified atom stereocenters. The van der Waals surface area contributed by atoms with E-state index >= 15 is 0 Å². The molecule has 29 heavy (non-hydrogen) atoms. The molecule has 1 fully saturated rings. The molecule has 0 amide bonds. The third-order valence-electron chi connectivity index (χ3n) is 4.79. The van der Waals surface area contributed by atoms with Crippen molar-refractivity contribution in [3.05, 3.63) is 58.1 Å². The van der Waals surface area contributed by atoms with Gasteiger partial charge in [0.2, 0.25) is 10.0 Å². The molecule has 2 aromatic rings. The van der Waals surface area contributed by atoms with Crippen molar-refractivity contribution in [2.75, 3.05) is 39.3 Å². The zero-order chi connectivity index (χ0) is 21.0. The highest BCUT2D eigenvalue weighted by molar-refractivity contribution is 7.89. The number of rotatable bonds is 7. The second-order valence-corrected chi connectivity index (χ2v) is 9.53. The first kappa shape index (κ1) is 22.1. The SMILES string of the molecule is CC(=O)c1ccc(S(=O)(=O)N2CCN(CCOc3ccc(Cl)cc3Cl)CC2)cc1. The zero-order valence-electron chi connectivity index (χ0n) is 16.0. The molecule has 0 atom stereocenters. The monoisotopic (exact) mass is 456 g/mol. The molecule has 1 heterocycles. The Kier molecular flexibility index (Phi) is 7.19. The molecule has 156 valence electrons. The van der Waals surface area contributed by atoms with Gasteiger partial charge >= 0.3 is 0 Å². The van der Waals surface area contributed by atoms with Gasteiger partial charge in [0, 0.05) is 43.3 Å². The first-order valence-corrected chi connectivity index (χ1v) is 11.4. The van der Waals surface area contributed by atoms with Crippen LogP contribution >= 0.6 is 23.2 Å². The fourth-order valence-corrected chi connectivity index (χ4v) is 4.97. The quantitative estimate of drug-likeness (QED) is 0.595. The molecule has 1 aliphatic rings. The van der Waals surface area contributed by atoms with Crippen molar-refractivity contribution in [3.8, 4) is 5.75 Å². The topological polar surface area (TPSA) is 66.9 Å². The summed E-state index contributed by atoms with van der Waals surface area (Å²) >= 11 is 12.0. The zero-order valence-corrected chi connectivity index (χ0v) is 18.3. The number of carbonyl (C=O) groups is 1. The van der Waals surface area contributed by atoms with Crippen LogP contribution in [0.3, 0.4) is 0 Å². The van der Waals surface area contributed by atoms with Crippen LogP contribution in [-0.4, -0.2) is 62.7 Å². The Balaban J connectivity index is 1.51. The highest BCUT2D eigenvalue weighted by Crippen LogP contribution is 2.27. The molecule has 0 aliphatic carbocycles. The molecule has 0 radical (unpaired) electrons. The van der Waals surface area contributed by atoms with E-state index < -0.39 is 10.0 Å². The maximum absolute atomic E-state index is 12.8. The van der Waals surface area contributed by atoms with Crippen LogP contribution in [0.1, 0.15) is 17.3 Å². The van der Waals surface area contributed by atoms with Crippen LogP contribution < -0.4 is 4.74 Å². The van der Waals surface area contributed by atoms with Crippen LogP contribution in [0.4, 0.5) is 0 Å². The van der Waals surface area contributed by atoms with E-state index in [1.54, 1.807) is 30.3 Å². The van der Waals surface area contributed by atoms with Gasteiger partial charge in [-0.1, -0.05) is 35.3 Å². The number of nitrogens with zero attached hydrogens (tertiary/aromatic N) is 2. The van der Waals surface area contributed by atoms with Gasteiger partial charge in [-0.2, -0.15) is 4.31 Å². The van der Waals surface area contributed by atoms with E-state index in [1.165, 1.54) is 23.4 Å². The Labute approximate surface area is 181 Å². The second-order valence-electron chi connectivity index (χ2n) is 6.75. The molecular weight excluding hydrogens is 435 g/mol. The van der Waals surface area contributed by atoms with Gasteiger partial charge in [0.25, 0.3) is 0 Å². The lowest BCUT2D eigenvalue weighted by atomic mass is 10.2. The Hall–Kier alpha value is -1.64. The summed E-state index contributed by atoms with van der Waals surface area (Å²) in [5, 5.41) is 1.01. The Morgan fingerprint density at radius 3 is 2.28 bits per heavy atom. The Morgan fingerprint density at radius 2 is 1.69 bits per heavy atom. The summed E-state index contributed by atoms with van der Waals surface area (Å²) in [5.74, 6) is 0.482. The average molecular weight is 457 g/mol. The minimum absolute atomic E-state index is 0.0929. The third kappa shape index (κ3) is 5.49. The fraction of sp³-hybridized carbons (Fsp3) is 0.350. The second kappa shape index (κ2) is 9.45. The van der Waals surface area contributed by atoms with Crippen molar-refractivity contribution >= 4 is 39.0 Å². The van der Waals surface area contributed by atoms with Crippen molar-refractivity contribution in [1.82, 2.24) is 9.21 Å². The molecule has 1 saturated heterocycles. The van der Waals surface area contributed by atoms with Gasteiger partial charge in [0.1, 0.15) is 12.4 Å². The van der Waals surface area contributed by atoms with Crippen molar-refractivity contribution in [2.45, 2.75) is 11.8 Å². The number of sulfonamides is 1. The number of hydrogen-bond acceptors (Lipinski definition) is 5. The number of hydrogen-bond donors (Lipinski definition) is 0. The first-order chi connectivity index (χ1) is 13.8. The largest absolute Gasteiger partial charge is 0.491 e. The van der Waals surface area contributed by atoms with Gasteiger partial charge < -0.3 is 4.74 Å². The van der Waals surface area contributed by atoms with Crippen molar-refractivity contribution in [2.24, 2.45) is 0 Å². The summed E-state index contributed by atoms with van der Waals surface area (Å²) < 4.78 is 32.8. The summed E-state index contributed by atoms with van der Waals surface area (Å²) in [6, 6.07) is 11.1. The average Bonchev–Trinajstić information content (AvgIpc) is 2.70. The molecule has 0 saturated carbocycles. The van der Waals surface area contributed by atoms with Crippen LogP contribution in [0.5, 0.6) is 5.75 Å². The minimum Gasteiger partial charge on any atom is -0.491 e. The standard InChI is InChI=1S/C20H22Cl2N2O4S/c1-15(25)16-2-5-18(6-3-16)29(26,27)24-10-8-23(9-11-24)12-13-28-20-7-4-17(21)14-19(20)22/h2-7,14H,8-13H2,1H3. The van der Waals surface area contributed by atoms with Crippen LogP contribution in [0.15, 0.2) is 47.4 Å². The van der Waals surface area contributed by atoms with E-state index in [1.807, 2.05) is 0 Å². The highest BCUT2D eigenvalue weighted by Gasteiger charge is 2.28. The number of ether oxygens (including phenoxy) is 1. The minimum atomic E-state index is -3.57. The molecule has 0 bridgehead atoms. The molecule has 0 spiro atoms. The lowest BCUT2D eigenvalue weighted by Crippen LogP contribution is -2.49. The van der Waals surface area contributed by atoms with E-state index in [2.05, 4.69) is 4.90 Å². The van der Waals surface area contributed by atoms with Crippen LogP contribution in [0.2, 0.25) is 10.0 Å². The number of piperazine rings is 1. The smallest absolute Gasteiger partial charge is 0.243 e. The summed E-state index contributed by atoms with van der Waals surface area (Å²) in [7, 11) is -3.57. The number of carbonyl (C=O) groups excluding carboxylic acids is 1. The van der Waals surface area contributed by atoms with Gasteiger partial charge in [-0.05, 0) is 37.3 Å². The Morgan fingerprint density at radius 1 is 1.03 bits per heavy atom. The molecular formula is C20H22Cl2N2O4S. The number of ketones is 1. The van der Waals surface area contributed by atoms with E-state index in [4.69, 9.17) is 27.9 Å². The van der Waals surface area contributed by atoms with Crippen molar-refractivity contribution < 1.29 is 17.9 Å². The predicted molar refractivity (Wildman–Crippen MR) is 114 cm³/mol. The van der Waals surface area contributed by atoms with Gasteiger partial charge in [-0.3, -0.25) is 9.69 Å². The van der Waals surface area contributed by atoms with Crippen LogP contribution in [0, 0.1) is 0 Å². The predicted octanol–water partition coefficient (Wildman–Crippen LogP) is 3.58. The molecule has 0 N–H and O–H groups in total. The molecule has 6 nitrogen and oxygen atoms in total. The van der Waals surface area contributed by atoms with Gasteiger partial charge in [-0.15, -0.1) is 0 Å². The third-order valence-corrected chi connectivity index (χ3v) is 7.23. The van der Waals surface area contributed by atoms with Crippen molar-refractivity contribution in [1.29, 1.82) is 0 Å². The van der Waals surface area contributed by atoms with E-state index in [9.17, 15) is 13.2 Å². The molecule has 0 aromatic heterocycles.